The highest BCUT2D eigenvalue weighted by atomic mass is 32.1. The van der Waals surface area contributed by atoms with Crippen LogP contribution >= 0.6 is 11.3 Å². The quantitative estimate of drug-likeness (QED) is 0.349. The monoisotopic (exact) mass is 180 g/mol. The predicted octanol–water partition coefficient (Wildman–Crippen LogP) is 1.16. The van der Waals surface area contributed by atoms with Gasteiger partial charge in [0.05, 0.1) is 10.2 Å². The molecule has 0 aliphatic heterocycles. The summed E-state index contributed by atoms with van der Waals surface area (Å²) < 4.78 is 1.08. The Morgan fingerprint density at radius 1 is 1.42 bits per heavy atom. The molecule has 12 heavy (non-hydrogen) atoms. The van der Waals surface area contributed by atoms with Gasteiger partial charge in [-0.05, 0) is 18.2 Å². The molecule has 0 fully saturated rings. The van der Waals surface area contributed by atoms with Gasteiger partial charge in [-0.3, -0.25) is 5.43 Å². The fourth-order valence-corrected chi connectivity index (χ4v) is 1.76. The average molecular weight is 180 g/mol. The second kappa shape index (κ2) is 2.62. The second-order valence-electron chi connectivity index (χ2n) is 2.39. The van der Waals surface area contributed by atoms with Gasteiger partial charge in [-0.25, -0.2) is 10.8 Å². The van der Waals surface area contributed by atoms with E-state index in [0.29, 0.717) is 5.13 Å². The summed E-state index contributed by atoms with van der Waals surface area (Å²) in [5, 5.41) is 0.704. The summed E-state index contributed by atoms with van der Waals surface area (Å²) in [4.78, 5) is 4.19. The van der Waals surface area contributed by atoms with Crippen molar-refractivity contribution in [3.63, 3.8) is 0 Å². The normalized spacial score (nSPS) is 10.4. The highest BCUT2D eigenvalue weighted by Gasteiger charge is 2.01. The van der Waals surface area contributed by atoms with E-state index >= 15 is 0 Å². The zero-order valence-electron chi connectivity index (χ0n) is 6.24. The van der Waals surface area contributed by atoms with Crippen molar-refractivity contribution in [1.29, 1.82) is 0 Å². The van der Waals surface area contributed by atoms with Crippen LogP contribution in [0.15, 0.2) is 18.2 Å². The summed E-state index contributed by atoms with van der Waals surface area (Å²) >= 11 is 1.50. The fraction of sp³-hybridized carbons (Fsp3) is 0. The van der Waals surface area contributed by atoms with Crippen molar-refractivity contribution < 1.29 is 0 Å². The van der Waals surface area contributed by atoms with Gasteiger partial charge in [0.2, 0.25) is 0 Å². The molecule has 0 spiro atoms. The summed E-state index contributed by atoms with van der Waals surface area (Å²) in [5.41, 5.74) is 9.69. The molecule has 1 heterocycles. The number of nitrogens with one attached hydrogen (secondary N) is 1. The molecule has 4 nitrogen and oxygen atoms in total. The van der Waals surface area contributed by atoms with Crippen LogP contribution in [0.2, 0.25) is 0 Å². The first-order valence-electron chi connectivity index (χ1n) is 3.42. The van der Waals surface area contributed by atoms with Crippen LogP contribution in [0.4, 0.5) is 10.8 Å². The number of nitrogens with two attached hydrogens (primary N) is 2. The number of hydrogen-bond acceptors (Lipinski definition) is 5. The van der Waals surface area contributed by atoms with Crippen LogP contribution < -0.4 is 17.0 Å². The van der Waals surface area contributed by atoms with E-state index in [1.54, 1.807) is 0 Å². The van der Waals surface area contributed by atoms with Gasteiger partial charge in [0.15, 0.2) is 5.13 Å². The minimum Gasteiger partial charge on any atom is -0.399 e. The number of nitrogen functional groups attached to an aromatic ring is 2. The molecule has 0 atom stereocenters. The number of benzene rings is 1. The predicted molar refractivity (Wildman–Crippen MR) is 51.8 cm³/mol. The Kier molecular flexibility index (Phi) is 1.60. The summed E-state index contributed by atoms with van der Waals surface area (Å²) in [6.07, 6.45) is 0. The molecule has 2 rings (SSSR count). The number of anilines is 2. The van der Waals surface area contributed by atoms with Gasteiger partial charge in [0, 0.05) is 5.69 Å². The van der Waals surface area contributed by atoms with Crippen LogP contribution in [0, 0.1) is 0 Å². The fourth-order valence-electron chi connectivity index (χ4n) is 1.01. The highest BCUT2D eigenvalue weighted by molar-refractivity contribution is 7.22. The molecule has 0 unspecified atom stereocenters. The molecule has 0 aliphatic carbocycles. The van der Waals surface area contributed by atoms with Crippen LogP contribution in [0.5, 0.6) is 0 Å². The van der Waals surface area contributed by atoms with Crippen molar-refractivity contribution in [2.45, 2.75) is 0 Å². The van der Waals surface area contributed by atoms with Gasteiger partial charge in [-0.15, -0.1) is 0 Å². The lowest BCUT2D eigenvalue weighted by molar-refractivity contribution is 1.31. The number of aromatic nitrogens is 1. The molecule has 5 heteroatoms. The van der Waals surface area contributed by atoms with E-state index in [1.807, 2.05) is 18.2 Å². The summed E-state index contributed by atoms with van der Waals surface area (Å²) in [5.74, 6) is 5.22. The molecule has 0 saturated carbocycles. The van der Waals surface area contributed by atoms with Gasteiger partial charge in [-0.1, -0.05) is 11.3 Å². The zero-order valence-corrected chi connectivity index (χ0v) is 7.06. The topological polar surface area (TPSA) is 77.0 Å². The molecule has 0 saturated heterocycles. The first kappa shape index (κ1) is 7.33. The van der Waals surface area contributed by atoms with Crippen molar-refractivity contribution in [1.82, 2.24) is 4.98 Å². The zero-order chi connectivity index (χ0) is 8.55. The molecule has 1 aromatic heterocycles. The van der Waals surface area contributed by atoms with Crippen molar-refractivity contribution in [3.05, 3.63) is 18.2 Å². The molecule has 2 aromatic rings. The maximum Gasteiger partial charge on any atom is 0.198 e. The molecule has 0 bridgehead atoms. The molecule has 0 radical (unpaired) electrons. The van der Waals surface area contributed by atoms with Gasteiger partial charge in [0.1, 0.15) is 0 Å². The molecule has 1 aromatic carbocycles. The number of rotatable bonds is 1. The first-order valence-corrected chi connectivity index (χ1v) is 4.24. The van der Waals surface area contributed by atoms with Crippen LogP contribution in [-0.4, -0.2) is 4.98 Å². The third kappa shape index (κ3) is 1.09. The Labute approximate surface area is 73.2 Å². The van der Waals surface area contributed by atoms with E-state index in [-0.39, 0.29) is 0 Å². The van der Waals surface area contributed by atoms with Crippen molar-refractivity contribution in [2.24, 2.45) is 5.84 Å². The van der Waals surface area contributed by atoms with E-state index in [2.05, 4.69) is 10.4 Å². The summed E-state index contributed by atoms with van der Waals surface area (Å²) in [6, 6.07) is 5.61. The number of nitrogens with zero attached hydrogens (tertiary/aromatic N) is 1. The SMILES string of the molecule is NNc1nc2cc(N)ccc2s1. The number of hydrazine groups is 1. The van der Waals surface area contributed by atoms with Gasteiger partial charge < -0.3 is 5.73 Å². The number of thiazole rings is 1. The molecule has 0 aliphatic rings. The smallest absolute Gasteiger partial charge is 0.198 e. The van der Waals surface area contributed by atoms with E-state index in [4.69, 9.17) is 11.6 Å². The van der Waals surface area contributed by atoms with Crippen molar-refractivity contribution >= 4 is 32.4 Å². The lowest BCUT2D eigenvalue weighted by Gasteiger charge is -1.89. The Bertz CT molecular complexity index is 409. The van der Waals surface area contributed by atoms with E-state index in [0.717, 1.165) is 15.9 Å². The standard InChI is InChI=1S/C7H8N4S/c8-4-1-2-6-5(3-4)10-7(11-9)12-6/h1-3H,8-9H2,(H,10,11). The van der Waals surface area contributed by atoms with Crippen molar-refractivity contribution in [2.75, 3.05) is 11.2 Å². The van der Waals surface area contributed by atoms with Crippen LogP contribution in [0.1, 0.15) is 0 Å². The lowest BCUT2D eigenvalue weighted by atomic mass is 10.3. The van der Waals surface area contributed by atoms with E-state index in [1.165, 1.54) is 11.3 Å². The number of hydrogen-bond donors (Lipinski definition) is 3. The van der Waals surface area contributed by atoms with Gasteiger partial charge >= 0.3 is 0 Å². The van der Waals surface area contributed by atoms with E-state index in [9.17, 15) is 0 Å². The van der Waals surface area contributed by atoms with Crippen LogP contribution in [-0.2, 0) is 0 Å². The number of fused-ring (bicyclic) bond motifs is 1. The van der Waals surface area contributed by atoms with Gasteiger partial charge in [-0.2, -0.15) is 0 Å². The summed E-state index contributed by atoms with van der Waals surface area (Å²) in [7, 11) is 0. The molecule has 5 N–H and O–H groups in total. The molecular weight excluding hydrogens is 172 g/mol. The second-order valence-corrected chi connectivity index (χ2v) is 3.42. The minimum absolute atomic E-state index is 0.704. The third-order valence-electron chi connectivity index (χ3n) is 1.54. The van der Waals surface area contributed by atoms with Crippen LogP contribution in [0.25, 0.3) is 10.2 Å². The summed E-state index contributed by atoms with van der Waals surface area (Å²) in [6.45, 7) is 0. The van der Waals surface area contributed by atoms with Crippen molar-refractivity contribution in [3.8, 4) is 0 Å². The Morgan fingerprint density at radius 3 is 3.00 bits per heavy atom. The third-order valence-corrected chi connectivity index (χ3v) is 2.50. The molecular formula is C7H8N4S. The van der Waals surface area contributed by atoms with Gasteiger partial charge in [0.25, 0.3) is 0 Å². The average Bonchev–Trinajstić information content (AvgIpc) is 2.46. The maximum absolute atomic E-state index is 5.59. The maximum atomic E-state index is 5.59. The Hall–Kier alpha value is -1.33. The minimum atomic E-state index is 0.704. The van der Waals surface area contributed by atoms with E-state index < -0.39 is 0 Å². The molecule has 0 amide bonds. The lowest BCUT2D eigenvalue weighted by Crippen LogP contribution is -2.05. The molecule has 62 valence electrons. The highest BCUT2D eigenvalue weighted by Crippen LogP contribution is 2.26. The van der Waals surface area contributed by atoms with Crippen LogP contribution in [0.3, 0.4) is 0 Å². The largest absolute Gasteiger partial charge is 0.399 e. The first-order chi connectivity index (χ1) is 5.79. The Morgan fingerprint density at radius 2 is 2.25 bits per heavy atom. The Balaban J connectivity index is 2.67.